The third kappa shape index (κ3) is 3.21. The first-order valence-electron chi connectivity index (χ1n) is 5.88. The predicted molar refractivity (Wildman–Crippen MR) is 77.1 cm³/mol. The number of methoxy groups -OCH3 is 2. The molecule has 0 fully saturated rings. The first kappa shape index (κ1) is 15.8. The minimum atomic E-state index is -0.879. The number of benzene rings is 1. The molecule has 1 rings (SSSR count). The zero-order valence-corrected chi connectivity index (χ0v) is 13.4. The topological polar surface area (TPSA) is 55.8 Å². The molecule has 0 amide bonds. The molecule has 1 N–H and O–H groups in total. The van der Waals surface area contributed by atoms with Gasteiger partial charge in [0, 0.05) is 5.56 Å². The maximum absolute atomic E-state index is 11.3. The monoisotopic (exact) mass is 330 g/mol. The minimum Gasteiger partial charge on any atom is -0.496 e. The molecular weight excluding hydrogens is 312 g/mol. The number of rotatable bonds is 5. The van der Waals surface area contributed by atoms with Gasteiger partial charge in [-0.1, -0.05) is 0 Å². The van der Waals surface area contributed by atoms with E-state index in [0.29, 0.717) is 17.9 Å². The van der Waals surface area contributed by atoms with Gasteiger partial charge in [-0.25, -0.2) is 0 Å². The molecule has 0 unspecified atom stereocenters. The minimum absolute atomic E-state index is 0.350. The normalized spacial score (nSPS) is 11.3. The zero-order valence-electron chi connectivity index (χ0n) is 11.8. The predicted octanol–water partition coefficient (Wildman–Crippen LogP) is 3.43. The molecule has 5 heteroatoms. The van der Waals surface area contributed by atoms with E-state index < -0.39 is 11.4 Å². The van der Waals surface area contributed by atoms with E-state index in [1.165, 1.54) is 0 Å². The van der Waals surface area contributed by atoms with Crippen LogP contribution in [-0.4, -0.2) is 25.3 Å². The van der Waals surface area contributed by atoms with E-state index in [-0.39, 0.29) is 0 Å². The molecule has 0 aliphatic carbocycles. The van der Waals surface area contributed by atoms with Gasteiger partial charge in [-0.3, -0.25) is 4.79 Å². The van der Waals surface area contributed by atoms with Crippen molar-refractivity contribution in [2.75, 3.05) is 14.2 Å². The van der Waals surface area contributed by atoms with Crippen molar-refractivity contribution in [2.24, 2.45) is 5.41 Å². The average molecular weight is 331 g/mol. The van der Waals surface area contributed by atoms with E-state index >= 15 is 0 Å². The van der Waals surface area contributed by atoms with Gasteiger partial charge in [0.05, 0.1) is 24.1 Å². The van der Waals surface area contributed by atoms with E-state index in [9.17, 15) is 9.90 Å². The Bertz CT molecular complexity index is 495. The van der Waals surface area contributed by atoms with Crippen LogP contribution < -0.4 is 9.47 Å². The van der Waals surface area contributed by atoms with Crippen LogP contribution in [0, 0.1) is 12.3 Å². The lowest BCUT2D eigenvalue weighted by Gasteiger charge is -2.23. The molecule has 0 aliphatic heterocycles. The highest BCUT2D eigenvalue weighted by molar-refractivity contribution is 9.10. The van der Waals surface area contributed by atoms with Crippen molar-refractivity contribution >= 4 is 21.9 Å². The number of halogens is 1. The lowest BCUT2D eigenvalue weighted by molar-refractivity contribution is -0.146. The number of carbonyl (C=O) groups is 1. The fourth-order valence-corrected chi connectivity index (χ4v) is 2.69. The summed E-state index contributed by atoms with van der Waals surface area (Å²) in [6, 6.07) is 1.86. The summed E-state index contributed by atoms with van der Waals surface area (Å²) < 4.78 is 11.4. The van der Waals surface area contributed by atoms with Gasteiger partial charge in [0.15, 0.2) is 0 Å². The van der Waals surface area contributed by atoms with Crippen molar-refractivity contribution in [2.45, 2.75) is 27.2 Å². The maximum Gasteiger partial charge on any atom is 0.309 e. The van der Waals surface area contributed by atoms with Gasteiger partial charge in [0.25, 0.3) is 0 Å². The lowest BCUT2D eigenvalue weighted by Crippen LogP contribution is -2.26. The number of aliphatic carboxylic acids is 1. The third-order valence-corrected chi connectivity index (χ3v) is 3.93. The van der Waals surface area contributed by atoms with Crippen LogP contribution >= 0.6 is 15.9 Å². The molecule has 0 atom stereocenters. The van der Waals surface area contributed by atoms with Gasteiger partial charge >= 0.3 is 5.97 Å². The van der Waals surface area contributed by atoms with Gasteiger partial charge in [0.2, 0.25) is 0 Å². The highest BCUT2D eigenvalue weighted by Gasteiger charge is 2.30. The van der Waals surface area contributed by atoms with E-state index in [1.54, 1.807) is 28.1 Å². The molecule has 4 nitrogen and oxygen atoms in total. The van der Waals surface area contributed by atoms with Crippen LogP contribution in [0.1, 0.15) is 25.0 Å². The van der Waals surface area contributed by atoms with Crippen LogP contribution in [0.15, 0.2) is 10.5 Å². The number of ether oxygens (including phenoxy) is 2. The van der Waals surface area contributed by atoms with E-state index in [2.05, 4.69) is 15.9 Å². The molecule has 106 valence electrons. The van der Waals surface area contributed by atoms with Crippen LogP contribution in [0.5, 0.6) is 11.5 Å². The van der Waals surface area contributed by atoms with E-state index in [1.807, 2.05) is 13.0 Å². The van der Waals surface area contributed by atoms with Crippen LogP contribution in [0.2, 0.25) is 0 Å². The van der Waals surface area contributed by atoms with Gasteiger partial charge < -0.3 is 14.6 Å². The number of hydrogen-bond donors (Lipinski definition) is 1. The first-order valence-corrected chi connectivity index (χ1v) is 6.67. The molecule has 0 bridgehead atoms. The quantitative estimate of drug-likeness (QED) is 0.898. The third-order valence-electron chi connectivity index (χ3n) is 3.09. The highest BCUT2D eigenvalue weighted by atomic mass is 79.9. The van der Waals surface area contributed by atoms with Crippen molar-refractivity contribution < 1.29 is 19.4 Å². The molecule has 0 heterocycles. The summed E-state index contributed by atoms with van der Waals surface area (Å²) in [4.78, 5) is 11.3. The molecule has 0 saturated carbocycles. The number of carboxylic acids is 1. The first-order chi connectivity index (χ1) is 8.74. The summed E-state index contributed by atoms with van der Waals surface area (Å²) in [7, 11) is 3.16. The Morgan fingerprint density at radius 2 is 1.95 bits per heavy atom. The molecule has 0 spiro atoms. The Labute approximate surface area is 121 Å². The summed E-state index contributed by atoms with van der Waals surface area (Å²) in [5, 5.41) is 9.25. The second-order valence-corrected chi connectivity index (χ2v) is 5.88. The summed E-state index contributed by atoms with van der Waals surface area (Å²) in [5.74, 6) is 0.525. The van der Waals surface area contributed by atoms with Gasteiger partial charge in [-0.2, -0.15) is 0 Å². The van der Waals surface area contributed by atoms with Gasteiger partial charge in [-0.15, -0.1) is 0 Å². The standard InChI is InChI=1S/C14H19BrO4/c1-8-6-10(18-4)9(11(15)12(8)19-5)7-14(2,3)13(16)17/h6H,7H2,1-5H3,(H,16,17). The van der Waals surface area contributed by atoms with Crippen LogP contribution in [0.4, 0.5) is 0 Å². The fraction of sp³-hybridized carbons (Fsp3) is 0.500. The number of aryl methyl sites for hydroxylation is 1. The second kappa shape index (κ2) is 5.82. The summed E-state index contributed by atoms with van der Waals surface area (Å²) in [5.41, 5.74) is 0.858. The summed E-state index contributed by atoms with van der Waals surface area (Å²) in [6.45, 7) is 5.29. The SMILES string of the molecule is COc1cc(C)c(OC)c(Br)c1CC(C)(C)C(=O)O. The van der Waals surface area contributed by atoms with E-state index in [4.69, 9.17) is 9.47 Å². The Kier molecular flexibility index (Phi) is 4.85. The molecule has 0 aliphatic rings. The second-order valence-electron chi connectivity index (χ2n) is 5.09. The lowest BCUT2D eigenvalue weighted by atomic mass is 9.85. The van der Waals surface area contributed by atoms with Crippen LogP contribution in [0.25, 0.3) is 0 Å². The van der Waals surface area contributed by atoms with Crippen molar-refractivity contribution in [1.29, 1.82) is 0 Å². The fourth-order valence-electron chi connectivity index (χ4n) is 1.88. The van der Waals surface area contributed by atoms with Crippen molar-refractivity contribution in [3.63, 3.8) is 0 Å². The summed E-state index contributed by atoms with van der Waals surface area (Å²) in [6.07, 6.45) is 0.350. The Morgan fingerprint density at radius 3 is 2.37 bits per heavy atom. The number of carboxylic acid groups (broad SMARTS) is 1. The van der Waals surface area contributed by atoms with Crippen molar-refractivity contribution in [3.05, 3.63) is 21.7 Å². The van der Waals surface area contributed by atoms with Crippen molar-refractivity contribution in [3.8, 4) is 11.5 Å². The average Bonchev–Trinajstić information content (AvgIpc) is 2.32. The van der Waals surface area contributed by atoms with Crippen LogP contribution in [-0.2, 0) is 11.2 Å². The Morgan fingerprint density at radius 1 is 1.37 bits per heavy atom. The largest absolute Gasteiger partial charge is 0.496 e. The zero-order chi connectivity index (χ0) is 14.8. The van der Waals surface area contributed by atoms with Gasteiger partial charge in [0.1, 0.15) is 11.5 Å². The molecule has 1 aromatic carbocycles. The maximum atomic E-state index is 11.3. The molecule has 1 aromatic rings. The van der Waals surface area contributed by atoms with Gasteiger partial charge in [-0.05, 0) is 54.8 Å². The molecule has 0 saturated heterocycles. The molecule has 19 heavy (non-hydrogen) atoms. The van der Waals surface area contributed by atoms with E-state index in [0.717, 1.165) is 15.6 Å². The Balaban J connectivity index is 3.37. The molecule has 0 aromatic heterocycles. The Hall–Kier alpha value is -1.23. The van der Waals surface area contributed by atoms with Crippen molar-refractivity contribution in [1.82, 2.24) is 0 Å². The highest BCUT2D eigenvalue weighted by Crippen LogP contribution is 2.41. The molecule has 0 radical (unpaired) electrons. The smallest absolute Gasteiger partial charge is 0.309 e. The van der Waals surface area contributed by atoms with Crippen LogP contribution in [0.3, 0.4) is 0 Å². The summed E-state index contributed by atoms with van der Waals surface area (Å²) >= 11 is 3.49. The number of hydrogen-bond acceptors (Lipinski definition) is 3. The molecular formula is C14H19BrO4.